The molecule has 4 rings (SSSR count). The number of hydrogen-bond acceptors (Lipinski definition) is 7. The number of alkyl halides is 2. The summed E-state index contributed by atoms with van der Waals surface area (Å²) in [6, 6.07) is 2.36. The first kappa shape index (κ1) is 18.0. The van der Waals surface area contributed by atoms with Crippen LogP contribution in [0.15, 0.2) is 24.8 Å². The van der Waals surface area contributed by atoms with Crippen LogP contribution in [0.5, 0.6) is 0 Å². The van der Waals surface area contributed by atoms with Gasteiger partial charge in [0.25, 0.3) is 5.92 Å². The van der Waals surface area contributed by atoms with Crippen molar-refractivity contribution < 1.29 is 8.78 Å². The van der Waals surface area contributed by atoms with E-state index in [1.54, 1.807) is 17.2 Å². The first-order valence-electron chi connectivity index (χ1n) is 9.24. The van der Waals surface area contributed by atoms with Crippen molar-refractivity contribution in [2.75, 3.05) is 49.6 Å². The molecule has 2 fully saturated rings. The van der Waals surface area contributed by atoms with Crippen molar-refractivity contribution in [3.8, 4) is 0 Å². The van der Waals surface area contributed by atoms with Gasteiger partial charge in [0.2, 0.25) is 0 Å². The highest BCUT2D eigenvalue weighted by atomic mass is 19.3. The van der Waals surface area contributed by atoms with Gasteiger partial charge < -0.3 is 9.80 Å². The molecule has 27 heavy (non-hydrogen) atoms. The summed E-state index contributed by atoms with van der Waals surface area (Å²) in [6.45, 7) is 4.07. The van der Waals surface area contributed by atoms with E-state index in [9.17, 15) is 8.78 Å². The van der Waals surface area contributed by atoms with Gasteiger partial charge in [-0.1, -0.05) is 0 Å². The van der Waals surface area contributed by atoms with E-state index in [2.05, 4.69) is 37.0 Å². The largest absolute Gasteiger partial charge is 0.356 e. The molecule has 0 atom stereocenters. The molecular formula is C17H24F2N8. The van der Waals surface area contributed by atoms with Gasteiger partial charge in [0.1, 0.15) is 18.0 Å². The molecule has 2 aliphatic rings. The lowest BCUT2D eigenvalue weighted by molar-refractivity contribution is -0.0221. The Bertz CT molecular complexity index is 737. The van der Waals surface area contributed by atoms with E-state index in [0.29, 0.717) is 19.1 Å². The van der Waals surface area contributed by atoms with Gasteiger partial charge in [0.05, 0.1) is 18.9 Å². The van der Waals surface area contributed by atoms with Crippen molar-refractivity contribution in [1.82, 2.24) is 29.9 Å². The number of hydrogen-bond donors (Lipinski definition) is 0. The molecule has 0 radical (unpaired) electrons. The van der Waals surface area contributed by atoms with Crippen molar-refractivity contribution >= 4 is 11.6 Å². The van der Waals surface area contributed by atoms with E-state index in [-0.39, 0.29) is 12.8 Å². The lowest BCUT2D eigenvalue weighted by Crippen LogP contribution is -2.59. The van der Waals surface area contributed by atoms with Crippen LogP contribution in [0.25, 0.3) is 0 Å². The summed E-state index contributed by atoms with van der Waals surface area (Å²) >= 11 is 0. The summed E-state index contributed by atoms with van der Waals surface area (Å²) in [5.74, 6) is -0.958. The van der Waals surface area contributed by atoms with Crippen LogP contribution in [-0.2, 0) is 6.54 Å². The number of halogens is 2. The Morgan fingerprint density at radius 3 is 2.37 bits per heavy atom. The van der Waals surface area contributed by atoms with E-state index in [1.807, 2.05) is 11.0 Å². The Morgan fingerprint density at radius 1 is 1.07 bits per heavy atom. The molecule has 0 N–H and O–H groups in total. The maximum absolute atomic E-state index is 13.4. The first-order valence-corrected chi connectivity index (χ1v) is 9.24. The maximum atomic E-state index is 13.4. The number of aromatic nitrogens is 5. The molecule has 10 heteroatoms. The number of anilines is 2. The van der Waals surface area contributed by atoms with Gasteiger partial charge in [-0.25, -0.2) is 18.7 Å². The van der Waals surface area contributed by atoms with Crippen LogP contribution in [0.2, 0.25) is 0 Å². The minimum Gasteiger partial charge on any atom is -0.356 e. The van der Waals surface area contributed by atoms with Gasteiger partial charge >= 0.3 is 0 Å². The number of likely N-dealkylation sites (N-methyl/N-ethyl adjacent to an activating group) is 1. The van der Waals surface area contributed by atoms with E-state index in [4.69, 9.17) is 0 Å². The molecule has 0 saturated carbocycles. The standard InChI is InChI=1S/C17H24F2N8/c1-24(8-9-27-22-4-5-23-27)14-11-26(12-14)16-10-15(20-13-21-16)25-6-2-17(18,19)3-7-25/h4-5,10,13-14H,2-3,6-9,11-12H2,1H3. The van der Waals surface area contributed by atoms with Gasteiger partial charge in [0.15, 0.2) is 0 Å². The van der Waals surface area contributed by atoms with E-state index < -0.39 is 5.92 Å². The van der Waals surface area contributed by atoms with Gasteiger partial charge in [-0.3, -0.25) is 4.90 Å². The molecule has 0 aliphatic carbocycles. The van der Waals surface area contributed by atoms with Gasteiger partial charge in [-0.05, 0) is 7.05 Å². The molecule has 0 spiro atoms. The fraction of sp³-hybridized carbons (Fsp3) is 0.647. The molecule has 2 aromatic rings. The molecule has 0 unspecified atom stereocenters. The molecular weight excluding hydrogens is 354 g/mol. The van der Waals surface area contributed by atoms with Crippen LogP contribution in [-0.4, -0.2) is 81.6 Å². The van der Waals surface area contributed by atoms with Crippen LogP contribution in [0.3, 0.4) is 0 Å². The third kappa shape index (κ3) is 4.15. The van der Waals surface area contributed by atoms with E-state index in [0.717, 1.165) is 37.8 Å². The van der Waals surface area contributed by atoms with Gasteiger partial charge in [-0.2, -0.15) is 15.0 Å². The molecule has 146 valence electrons. The fourth-order valence-corrected chi connectivity index (χ4v) is 3.46. The van der Waals surface area contributed by atoms with Crippen LogP contribution < -0.4 is 9.80 Å². The van der Waals surface area contributed by atoms with Gasteiger partial charge in [-0.15, -0.1) is 0 Å². The van der Waals surface area contributed by atoms with Crippen molar-refractivity contribution in [2.45, 2.75) is 31.4 Å². The summed E-state index contributed by atoms with van der Waals surface area (Å²) < 4.78 is 26.7. The zero-order valence-electron chi connectivity index (χ0n) is 15.4. The Kier molecular flexibility index (Phi) is 4.90. The summed E-state index contributed by atoms with van der Waals surface area (Å²) in [7, 11) is 2.10. The highest BCUT2D eigenvalue weighted by Gasteiger charge is 2.35. The second-order valence-corrected chi connectivity index (χ2v) is 7.24. The average Bonchev–Trinajstić information content (AvgIpc) is 3.12. The lowest BCUT2D eigenvalue weighted by atomic mass is 10.1. The summed E-state index contributed by atoms with van der Waals surface area (Å²) in [5.41, 5.74) is 0. The molecule has 4 heterocycles. The number of nitrogens with zero attached hydrogens (tertiary/aromatic N) is 8. The Hall–Kier alpha value is -2.36. The second-order valence-electron chi connectivity index (χ2n) is 7.24. The molecule has 0 amide bonds. The normalized spacial score (nSPS) is 20.1. The Labute approximate surface area is 156 Å². The van der Waals surface area contributed by atoms with Crippen molar-refractivity contribution in [3.05, 3.63) is 24.8 Å². The first-order chi connectivity index (χ1) is 13.0. The lowest BCUT2D eigenvalue weighted by Gasteiger charge is -2.44. The zero-order chi connectivity index (χ0) is 18.9. The molecule has 2 aliphatic heterocycles. The third-order valence-electron chi connectivity index (χ3n) is 5.39. The maximum Gasteiger partial charge on any atom is 0.251 e. The predicted molar refractivity (Wildman–Crippen MR) is 97.1 cm³/mol. The number of rotatable bonds is 6. The predicted octanol–water partition coefficient (Wildman–Crippen LogP) is 1.12. The fourth-order valence-electron chi connectivity index (χ4n) is 3.46. The van der Waals surface area contributed by atoms with Crippen molar-refractivity contribution in [1.29, 1.82) is 0 Å². The third-order valence-corrected chi connectivity index (χ3v) is 5.39. The van der Waals surface area contributed by atoms with Crippen LogP contribution in [0.4, 0.5) is 20.4 Å². The highest BCUT2D eigenvalue weighted by Crippen LogP contribution is 2.31. The molecule has 2 saturated heterocycles. The Morgan fingerprint density at radius 2 is 1.70 bits per heavy atom. The minimum absolute atomic E-state index is 0.117. The second kappa shape index (κ2) is 7.34. The summed E-state index contributed by atoms with van der Waals surface area (Å²) in [4.78, 5) is 16.7. The molecule has 0 bridgehead atoms. The highest BCUT2D eigenvalue weighted by molar-refractivity contribution is 5.52. The van der Waals surface area contributed by atoms with E-state index in [1.165, 1.54) is 6.33 Å². The van der Waals surface area contributed by atoms with Crippen LogP contribution in [0, 0.1) is 0 Å². The monoisotopic (exact) mass is 378 g/mol. The molecule has 8 nitrogen and oxygen atoms in total. The average molecular weight is 378 g/mol. The molecule has 2 aromatic heterocycles. The minimum atomic E-state index is -2.55. The molecule has 0 aromatic carbocycles. The summed E-state index contributed by atoms with van der Waals surface area (Å²) in [5, 5.41) is 8.23. The SMILES string of the molecule is CN(CCn1nccn1)C1CN(c2cc(N3CCC(F)(F)CC3)ncn2)C1. The summed E-state index contributed by atoms with van der Waals surface area (Å²) in [6.07, 6.45) is 4.66. The quantitative estimate of drug-likeness (QED) is 0.746. The van der Waals surface area contributed by atoms with Crippen molar-refractivity contribution in [3.63, 3.8) is 0 Å². The van der Waals surface area contributed by atoms with Crippen molar-refractivity contribution in [2.24, 2.45) is 0 Å². The number of piperidine rings is 1. The zero-order valence-corrected chi connectivity index (χ0v) is 15.4. The van der Waals surface area contributed by atoms with Crippen LogP contribution in [0.1, 0.15) is 12.8 Å². The van der Waals surface area contributed by atoms with Gasteiger partial charge in [0, 0.05) is 57.7 Å². The Balaban J connectivity index is 1.29. The van der Waals surface area contributed by atoms with E-state index >= 15 is 0 Å². The smallest absolute Gasteiger partial charge is 0.251 e. The van der Waals surface area contributed by atoms with Crippen LogP contribution >= 0.6 is 0 Å². The topological polar surface area (TPSA) is 66.2 Å².